The predicted molar refractivity (Wildman–Crippen MR) is 116 cm³/mol. The zero-order valence-electron chi connectivity index (χ0n) is 17.9. The van der Waals surface area contributed by atoms with Crippen molar-refractivity contribution >= 4 is 15.9 Å². The fraction of sp³-hybridized carbons (Fsp3) is 0.500. The van der Waals surface area contributed by atoms with Crippen LogP contribution in [-0.2, 0) is 23.5 Å². The van der Waals surface area contributed by atoms with Gasteiger partial charge in [0, 0.05) is 32.9 Å². The van der Waals surface area contributed by atoms with Crippen molar-refractivity contribution in [3.8, 4) is 5.75 Å². The third-order valence-electron chi connectivity index (χ3n) is 5.16. The van der Waals surface area contributed by atoms with E-state index >= 15 is 0 Å². The molecule has 1 aromatic carbocycles. The van der Waals surface area contributed by atoms with Crippen LogP contribution in [0.25, 0.3) is 0 Å². The Hall–Kier alpha value is -2.32. The van der Waals surface area contributed by atoms with Crippen LogP contribution < -0.4 is 10.1 Å². The first-order chi connectivity index (χ1) is 14.3. The van der Waals surface area contributed by atoms with Gasteiger partial charge in [-0.15, -0.1) is 0 Å². The molecular formula is C22H31N3O4S. The molecule has 0 radical (unpaired) electrons. The average molecular weight is 434 g/mol. The summed E-state index contributed by atoms with van der Waals surface area (Å²) in [5.41, 5.74) is 1.43. The molecule has 1 aliphatic rings. The van der Waals surface area contributed by atoms with Gasteiger partial charge < -0.3 is 14.6 Å². The highest BCUT2D eigenvalue weighted by Gasteiger charge is 2.28. The Morgan fingerprint density at radius 2 is 1.80 bits per heavy atom. The summed E-state index contributed by atoms with van der Waals surface area (Å²) >= 11 is 0. The molecule has 0 spiro atoms. The summed E-state index contributed by atoms with van der Waals surface area (Å²) in [6.45, 7) is 5.51. The Balaban J connectivity index is 1.58. The van der Waals surface area contributed by atoms with Gasteiger partial charge in [-0.1, -0.05) is 18.6 Å². The number of hydrogen-bond acceptors (Lipinski definition) is 4. The van der Waals surface area contributed by atoms with Crippen molar-refractivity contribution in [1.29, 1.82) is 0 Å². The standard InChI is InChI=1S/C22H31N3O4S/c1-17(2)29-19-9-7-18(8-10-19)11-12-23-22(26)21-15-20(16-24(21)3)30(27,28)25-13-5-4-6-14-25/h7-10,15-17H,4-6,11-14H2,1-3H3,(H,23,26). The summed E-state index contributed by atoms with van der Waals surface area (Å²) in [4.78, 5) is 12.8. The molecule has 1 amide bonds. The van der Waals surface area contributed by atoms with Crippen LogP contribution in [0.15, 0.2) is 41.4 Å². The van der Waals surface area contributed by atoms with Crippen LogP contribution in [0.3, 0.4) is 0 Å². The van der Waals surface area contributed by atoms with Gasteiger partial charge in [-0.25, -0.2) is 8.42 Å². The highest BCUT2D eigenvalue weighted by Crippen LogP contribution is 2.22. The van der Waals surface area contributed by atoms with E-state index in [9.17, 15) is 13.2 Å². The molecule has 8 heteroatoms. The van der Waals surface area contributed by atoms with Crippen molar-refractivity contribution in [3.63, 3.8) is 0 Å². The Bertz CT molecular complexity index is 959. The van der Waals surface area contributed by atoms with Crippen molar-refractivity contribution in [2.24, 2.45) is 7.05 Å². The number of hydrogen-bond donors (Lipinski definition) is 1. The first kappa shape index (κ1) is 22.4. The van der Waals surface area contributed by atoms with E-state index in [1.807, 2.05) is 38.1 Å². The van der Waals surface area contributed by atoms with Gasteiger partial charge in [0.25, 0.3) is 5.91 Å². The SMILES string of the molecule is CC(C)Oc1ccc(CCNC(=O)c2cc(S(=O)(=O)N3CCCCC3)cn2C)cc1. The molecule has 164 valence electrons. The van der Waals surface area contributed by atoms with E-state index in [-0.39, 0.29) is 16.9 Å². The van der Waals surface area contributed by atoms with Crippen LogP contribution in [0.4, 0.5) is 0 Å². The molecule has 0 atom stereocenters. The molecule has 2 heterocycles. The molecule has 1 aliphatic heterocycles. The van der Waals surface area contributed by atoms with Crippen molar-refractivity contribution in [2.75, 3.05) is 19.6 Å². The molecule has 30 heavy (non-hydrogen) atoms. The molecule has 1 fully saturated rings. The van der Waals surface area contributed by atoms with E-state index in [2.05, 4.69) is 5.32 Å². The first-order valence-corrected chi connectivity index (χ1v) is 11.9. The summed E-state index contributed by atoms with van der Waals surface area (Å²) < 4.78 is 34.4. The van der Waals surface area contributed by atoms with Gasteiger partial charge in [0.05, 0.1) is 6.10 Å². The highest BCUT2D eigenvalue weighted by atomic mass is 32.2. The summed E-state index contributed by atoms with van der Waals surface area (Å²) in [5.74, 6) is 0.543. The number of nitrogens with one attached hydrogen (secondary N) is 1. The van der Waals surface area contributed by atoms with E-state index in [0.29, 0.717) is 31.7 Å². The molecule has 0 aliphatic carbocycles. The van der Waals surface area contributed by atoms with Crippen LogP contribution >= 0.6 is 0 Å². The van der Waals surface area contributed by atoms with E-state index in [0.717, 1.165) is 30.6 Å². The number of nitrogens with zero attached hydrogens (tertiary/aromatic N) is 2. The van der Waals surface area contributed by atoms with Crippen molar-refractivity contribution in [1.82, 2.24) is 14.2 Å². The lowest BCUT2D eigenvalue weighted by atomic mass is 10.1. The number of aryl methyl sites for hydroxylation is 1. The summed E-state index contributed by atoms with van der Waals surface area (Å²) in [6.07, 6.45) is 5.14. The Labute approximate surface area is 179 Å². The van der Waals surface area contributed by atoms with Gasteiger partial charge in [-0.2, -0.15) is 4.31 Å². The summed E-state index contributed by atoms with van der Waals surface area (Å²) in [5, 5.41) is 2.88. The Kier molecular flexibility index (Phi) is 7.20. The molecule has 0 saturated carbocycles. The predicted octanol–water partition coefficient (Wildman–Crippen LogP) is 2.96. The maximum atomic E-state index is 12.8. The topological polar surface area (TPSA) is 80.6 Å². The number of carbonyl (C=O) groups excluding carboxylic acids is 1. The van der Waals surface area contributed by atoms with Crippen LogP contribution in [0.5, 0.6) is 5.75 Å². The number of rotatable bonds is 8. The lowest BCUT2D eigenvalue weighted by Gasteiger charge is -2.25. The molecule has 7 nitrogen and oxygen atoms in total. The van der Waals surface area contributed by atoms with Gasteiger partial charge in [-0.3, -0.25) is 4.79 Å². The lowest BCUT2D eigenvalue weighted by Crippen LogP contribution is -2.35. The van der Waals surface area contributed by atoms with Gasteiger partial charge in [-0.05, 0) is 56.9 Å². The first-order valence-electron chi connectivity index (χ1n) is 10.5. The third kappa shape index (κ3) is 5.43. The van der Waals surface area contributed by atoms with Crippen molar-refractivity contribution in [2.45, 2.75) is 50.5 Å². The lowest BCUT2D eigenvalue weighted by molar-refractivity contribution is 0.0946. The van der Waals surface area contributed by atoms with Crippen molar-refractivity contribution in [3.05, 3.63) is 47.8 Å². The second-order valence-electron chi connectivity index (χ2n) is 7.95. The molecule has 2 aromatic rings. The second-order valence-corrected chi connectivity index (χ2v) is 9.89. The number of piperidine rings is 1. The fourth-order valence-corrected chi connectivity index (χ4v) is 5.16. The van der Waals surface area contributed by atoms with E-state index in [1.165, 1.54) is 16.6 Å². The molecular weight excluding hydrogens is 402 g/mol. The minimum atomic E-state index is -3.55. The smallest absolute Gasteiger partial charge is 0.267 e. The second kappa shape index (κ2) is 9.66. The van der Waals surface area contributed by atoms with Crippen LogP contribution in [0, 0.1) is 0 Å². The zero-order chi connectivity index (χ0) is 21.7. The number of carbonyl (C=O) groups is 1. The van der Waals surface area contributed by atoms with Crippen LogP contribution in [-0.4, -0.2) is 48.9 Å². The maximum Gasteiger partial charge on any atom is 0.267 e. The van der Waals surface area contributed by atoms with Crippen LogP contribution in [0.2, 0.25) is 0 Å². The molecule has 1 saturated heterocycles. The zero-order valence-corrected chi connectivity index (χ0v) is 18.7. The monoisotopic (exact) mass is 433 g/mol. The number of sulfonamides is 1. The highest BCUT2D eigenvalue weighted by molar-refractivity contribution is 7.89. The van der Waals surface area contributed by atoms with E-state index < -0.39 is 10.0 Å². The number of ether oxygens (including phenoxy) is 1. The van der Waals surface area contributed by atoms with Gasteiger partial charge >= 0.3 is 0 Å². The normalized spacial score (nSPS) is 15.3. The summed E-state index contributed by atoms with van der Waals surface area (Å²) in [7, 11) is -1.86. The largest absolute Gasteiger partial charge is 0.491 e. The molecule has 0 unspecified atom stereocenters. The third-order valence-corrected chi connectivity index (χ3v) is 7.02. The van der Waals surface area contributed by atoms with Gasteiger partial charge in [0.2, 0.25) is 10.0 Å². The number of aromatic nitrogens is 1. The molecule has 0 bridgehead atoms. The quantitative estimate of drug-likeness (QED) is 0.694. The number of amides is 1. The minimum absolute atomic E-state index is 0.129. The molecule has 1 N–H and O–H groups in total. The Morgan fingerprint density at radius 1 is 1.13 bits per heavy atom. The van der Waals surface area contributed by atoms with Gasteiger partial charge in [0.1, 0.15) is 16.3 Å². The minimum Gasteiger partial charge on any atom is -0.491 e. The van der Waals surface area contributed by atoms with Crippen LogP contribution in [0.1, 0.15) is 49.2 Å². The molecule has 3 rings (SSSR count). The molecule has 1 aromatic heterocycles. The van der Waals surface area contributed by atoms with E-state index in [1.54, 1.807) is 11.6 Å². The van der Waals surface area contributed by atoms with E-state index in [4.69, 9.17) is 4.74 Å². The maximum absolute atomic E-state index is 12.8. The average Bonchev–Trinajstić information content (AvgIpc) is 3.12. The Morgan fingerprint density at radius 3 is 2.43 bits per heavy atom. The van der Waals surface area contributed by atoms with Crippen molar-refractivity contribution < 1.29 is 17.9 Å². The fourth-order valence-electron chi connectivity index (χ4n) is 3.57. The van der Waals surface area contributed by atoms with Gasteiger partial charge in [0.15, 0.2) is 0 Å². The number of benzene rings is 1. The summed E-state index contributed by atoms with van der Waals surface area (Å²) in [6, 6.07) is 9.28.